The normalized spacial score (nSPS) is 18.9. The molecule has 0 aliphatic carbocycles. The van der Waals surface area contributed by atoms with E-state index in [1.807, 2.05) is 12.1 Å². The number of likely N-dealkylation sites (N-methyl/N-ethyl adjacent to an activating group) is 1. The maximum atomic E-state index is 11.9. The van der Waals surface area contributed by atoms with Crippen LogP contribution < -0.4 is 15.4 Å². The smallest absolute Gasteiger partial charge is 0.269 e. The summed E-state index contributed by atoms with van der Waals surface area (Å²) >= 11 is 3.44. The Morgan fingerprint density at radius 1 is 1.53 bits per heavy atom. The zero-order valence-electron chi connectivity index (χ0n) is 9.87. The quantitative estimate of drug-likeness (QED) is 0.904. The predicted molar refractivity (Wildman–Crippen MR) is 70.4 cm³/mol. The number of carbonyl (C=O) groups excluding carboxylic acids is 1. The summed E-state index contributed by atoms with van der Waals surface area (Å²) in [6.07, 6.45) is 0.278. The highest BCUT2D eigenvalue weighted by molar-refractivity contribution is 9.10. The molecule has 0 fully saturated rings. The van der Waals surface area contributed by atoms with E-state index in [1.54, 1.807) is 11.9 Å². The van der Waals surface area contributed by atoms with Crippen molar-refractivity contribution in [3.8, 4) is 5.75 Å². The van der Waals surface area contributed by atoms with Crippen LogP contribution in [0.25, 0.3) is 0 Å². The topological polar surface area (TPSA) is 55.6 Å². The summed E-state index contributed by atoms with van der Waals surface area (Å²) in [5.41, 5.74) is 7.43. The lowest BCUT2D eigenvalue weighted by Gasteiger charge is -2.32. The largest absolute Gasteiger partial charge is 0.477 e. The van der Waals surface area contributed by atoms with Crippen molar-refractivity contribution in [2.75, 3.05) is 18.5 Å². The molecule has 2 rings (SSSR count). The van der Waals surface area contributed by atoms with Gasteiger partial charge in [-0.2, -0.15) is 0 Å². The van der Waals surface area contributed by atoms with E-state index in [2.05, 4.69) is 22.9 Å². The zero-order chi connectivity index (χ0) is 12.6. The third kappa shape index (κ3) is 2.05. The Balaban J connectivity index is 2.55. The summed E-state index contributed by atoms with van der Waals surface area (Å²) in [6.45, 7) is 2.25. The van der Waals surface area contributed by atoms with Crippen LogP contribution in [0.5, 0.6) is 5.75 Å². The summed E-state index contributed by atoms with van der Waals surface area (Å²) in [6, 6.07) is 3.90. The van der Waals surface area contributed by atoms with E-state index in [4.69, 9.17) is 10.5 Å². The molecule has 17 heavy (non-hydrogen) atoms. The number of rotatable bonds is 2. The highest BCUT2D eigenvalue weighted by Crippen LogP contribution is 2.39. The molecular weight excluding hydrogens is 284 g/mol. The van der Waals surface area contributed by atoms with Gasteiger partial charge in [-0.15, -0.1) is 0 Å². The molecule has 1 amide bonds. The molecule has 0 aromatic heterocycles. The minimum Gasteiger partial charge on any atom is -0.477 e. The molecule has 1 heterocycles. The van der Waals surface area contributed by atoms with Crippen LogP contribution in [0.3, 0.4) is 0 Å². The Hall–Kier alpha value is -1.07. The van der Waals surface area contributed by atoms with E-state index < -0.39 is 6.10 Å². The number of nitrogens with zero attached hydrogens (tertiary/aromatic N) is 1. The maximum absolute atomic E-state index is 11.9. The minimum atomic E-state index is -0.570. The van der Waals surface area contributed by atoms with Gasteiger partial charge >= 0.3 is 0 Å². The average molecular weight is 299 g/mol. The second-order valence-electron chi connectivity index (χ2n) is 4.01. The van der Waals surface area contributed by atoms with Crippen molar-refractivity contribution in [3.05, 3.63) is 22.2 Å². The summed E-state index contributed by atoms with van der Waals surface area (Å²) < 4.78 is 6.65. The Morgan fingerprint density at radius 3 is 2.82 bits per heavy atom. The van der Waals surface area contributed by atoms with E-state index in [-0.39, 0.29) is 12.5 Å². The van der Waals surface area contributed by atoms with Crippen LogP contribution >= 0.6 is 15.9 Å². The first kappa shape index (κ1) is 12.4. The number of fused-ring (bicyclic) bond motifs is 1. The Kier molecular flexibility index (Phi) is 3.40. The van der Waals surface area contributed by atoms with Gasteiger partial charge in [0.15, 0.2) is 6.10 Å². The fourth-order valence-corrected chi connectivity index (χ4v) is 2.45. The van der Waals surface area contributed by atoms with Crippen LogP contribution in [0.1, 0.15) is 12.5 Å². The number of halogens is 1. The maximum Gasteiger partial charge on any atom is 0.269 e. The Bertz CT molecular complexity index is 462. The number of hydrogen-bond acceptors (Lipinski definition) is 3. The van der Waals surface area contributed by atoms with Gasteiger partial charge in [0.25, 0.3) is 5.91 Å². The summed E-state index contributed by atoms with van der Waals surface area (Å²) in [4.78, 5) is 13.5. The Labute approximate surface area is 109 Å². The minimum absolute atomic E-state index is 0.0971. The van der Waals surface area contributed by atoms with Crippen LogP contribution in [-0.4, -0.2) is 25.6 Å². The molecule has 1 atom stereocenters. The predicted octanol–water partition coefficient (Wildman–Crippen LogP) is 1.69. The van der Waals surface area contributed by atoms with Crippen molar-refractivity contribution >= 4 is 27.5 Å². The third-order valence-corrected chi connectivity index (χ3v) is 3.39. The zero-order valence-corrected chi connectivity index (χ0v) is 11.5. The van der Waals surface area contributed by atoms with Gasteiger partial charge < -0.3 is 15.4 Å². The van der Waals surface area contributed by atoms with Crippen LogP contribution in [0, 0.1) is 0 Å². The fourth-order valence-electron chi connectivity index (χ4n) is 1.96. The summed E-state index contributed by atoms with van der Waals surface area (Å²) in [7, 11) is 1.75. The molecule has 2 N–H and O–H groups in total. The molecule has 92 valence electrons. The van der Waals surface area contributed by atoms with Crippen molar-refractivity contribution in [1.29, 1.82) is 0 Å². The standard InChI is InChI=1S/C12H15BrN2O2/c1-3-7-4-8(13)5-9-11(7)17-10(6-14)12(16)15(9)2/h4-5,10H,3,6,14H2,1-2H3. The van der Waals surface area contributed by atoms with Crippen LogP contribution in [0.15, 0.2) is 16.6 Å². The summed E-state index contributed by atoms with van der Waals surface area (Å²) in [5.74, 6) is 0.674. The van der Waals surface area contributed by atoms with Crippen molar-refractivity contribution in [2.45, 2.75) is 19.4 Å². The molecule has 1 unspecified atom stereocenters. The molecule has 4 nitrogen and oxygen atoms in total. The second-order valence-corrected chi connectivity index (χ2v) is 4.92. The monoisotopic (exact) mass is 298 g/mol. The van der Waals surface area contributed by atoms with E-state index in [1.165, 1.54) is 0 Å². The number of nitrogens with two attached hydrogens (primary N) is 1. The molecule has 0 spiro atoms. The van der Waals surface area contributed by atoms with Crippen LogP contribution in [-0.2, 0) is 11.2 Å². The molecule has 1 aliphatic heterocycles. The van der Waals surface area contributed by atoms with Gasteiger partial charge in [0, 0.05) is 18.1 Å². The number of carbonyl (C=O) groups is 1. The van der Waals surface area contributed by atoms with Crippen molar-refractivity contribution in [2.24, 2.45) is 5.73 Å². The van der Waals surface area contributed by atoms with E-state index in [0.717, 1.165) is 27.9 Å². The lowest BCUT2D eigenvalue weighted by molar-refractivity contribution is -0.125. The molecule has 1 aliphatic rings. The van der Waals surface area contributed by atoms with Gasteiger partial charge in [-0.3, -0.25) is 4.79 Å². The van der Waals surface area contributed by atoms with Crippen molar-refractivity contribution in [1.82, 2.24) is 0 Å². The Morgan fingerprint density at radius 2 is 2.24 bits per heavy atom. The van der Waals surface area contributed by atoms with Crippen LogP contribution in [0.4, 0.5) is 5.69 Å². The molecule has 1 aromatic carbocycles. The highest BCUT2D eigenvalue weighted by Gasteiger charge is 2.32. The van der Waals surface area contributed by atoms with Crippen molar-refractivity contribution in [3.63, 3.8) is 0 Å². The second kappa shape index (κ2) is 4.66. The average Bonchev–Trinajstić information content (AvgIpc) is 2.33. The molecular formula is C12H15BrN2O2. The molecule has 5 heteroatoms. The highest BCUT2D eigenvalue weighted by atomic mass is 79.9. The molecule has 0 saturated carbocycles. The molecule has 1 aromatic rings. The molecule has 0 radical (unpaired) electrons. The van der Waals surface area contributed by atoms with E-state index in [9.17, 15) is 4.79 Å². The lowest BCUT2D eigenvalue weighted by atomic mass is 10.1. The SMILES string of the molecule is CCc1cc(Br)cc2c1OC(CN)C(=O)N2C. The first-order valence-corrected chi connectivity index (χ1v) is 6.34. The number of ether oxygens (including phenoxy) is 1. The number of hydrogen-bond donors (Lipinski definition) is 1. The number of anilines is 1. The summed E-state index contributed by atoms with van der Waals surface area (Å²) in [5, 5.41) is 0. The van der Waals surface area contributed by atoms with Crippen LogP contribution in [0.2, 0.25) is 0 Å². The van der Waals surface area contributed by atoms with E-state index >= 15 is 0 Å². The van der Waals surface area contributed by atoms with Gasteiger partial charge in [-0.1, -0.05) is 22.9 Å². The first-order chi connectivity index (χ1) is 8.08. The first-order valence-electron chi connectivity index (χ1n) is 5.55. The van der Waals surface area contributed by atoms with Gasteiger partial charge in [0.1, 0.15) is 5.75 Å². The number of aryl methyl sites for hydroxylation is 1. The van der Waals surface area contributed by atoms with Gasteiger partial charge in [-0.05, 0) is 24.1 Å². The number of amides is 1. The molecule has 0 saturated heterocycles. The lowest BCUT2D eigenvalue weighted by Crippen LogP contribution is -2.47. The van der Waals surface area contributed by atoms with Gasteiger partial charge in [0.05, 0.1) is 5.69 Å². The third-order valence-electron chi connectivity index (χ3n) is 2.93. The van der Waals surface area contributed by atoms with E-state index in [0.29, 0.717) is 0 Å². The molecule has 0 bridgehead atoms. The van der Waals surface area contributed by atoms with Gasteiger partial charge in [0.2, 0.25) is 0 Å². The van der Waals surface area contributed by atoms with Crippen molar-refractivity contribution < 1.29 is 9.53 Å². The van der Waals surface area contributed by atoms with Gasteiger partial charge in [-0.25, -0.2) is 0 Å². The number of benzene rings is 1. The fraction of sp³-hybridized carbons (Fsp3) is 0.417.